The Balaban J connectivity index is 1.65. The molecule has 164 valence electrons. The topological polar surface area (TPSA) is 39.7 Å². The van der Waals surface area contributed by atoms with Crippen LogP contribution in [-0.2, 0) is 0 Å². The third-order valence-corrected chi connectivity index (χ3v) is 7.09. The van der Waals surface area contributed by atoms with E-state index in [1.807, 2.05) is 6.92 Å². The van der Waals surface area contributed by atoms with Gasteiger partial charge in [-0.1, -0.05) is 12.5 Å². The Kier molecular flexibility index (Phi) is 7.85. The molecule has 0 aromatic carbocycles. The van der Waals surface area contributed by atoms with Gasteiger partial charge in [0.1, 0.15) is 0 Å². The predicted octanol–water partition coefficient (Wildman–Crippen LogP) is 4.81. The van der Waals surface area contributed by atoms with Gasteiger partial charge in [-0.05, 0) is 70.0 Å². The molecule has 1 aromatic rings. The molecule has 0 amide bonds. The average molecular weight is 431 g/mol. The average Bonchev–Trinajstić information content (AvgIpc) is 3.20. The fourth-order valence-electron chi connectivity index (χ4n) is 4.70. The second-order valence-corrected chi connectivity index (χ2v) is 9.29. The third-order valence-electron chi connectivity index (χ3n) is 6.15. The van der Waals surface area contributed by atoms with Gasteiger partial charge in [-0.3, -0.25) is 9.89 Å². The van der Waals surface area contributed by atoms with Crippen molar-refractivity contribution in [3.63, 3.8) is 0 Å². The molecule has 1 saturated carbocycles. The maximum Gasteiger partial charge on any atom is 0.391 e. The molecule has 4 nitrogen and oxygen atoms in total. The van der Waals surface area contributed by atoms with Crippen molar-refractivity contribution in [3.8, 4) is 0 Å². The van der Waals surface area contributed by atoms with Crippen LogP contribution in [0.15, 0.2) is 22.5 Å². The SMILES string of the molecule is CCNC(=NCC1CCCN(C)C1c1cccs1)NC1CCCC(C(F)(F)F)C1. The maximum atomic E-state index is 13.1. The van der Waals surface area contributed by atoms with Crippen LogP contribution >= 0.6 is 11.3 Å². The molecule has 2 aliphatic rings. The Morgan fingerprint density at radius 1 is 1.28 bits per heavy atom. The van der Waals surface area contributed by atoms with Gasteiger partial charge >= 0.3 is 6.18 Å². The van der Waals surface area contributed by atoms with Gasteiger partial charge in [0, 0.05) is 30.1 Å². The molecule has 1 aliphatic heterocycles. The number of nitrogens with zero attached hydrogens (tertiary/aromatic N) is 2. The molecular weight excluding hydrogens is 397 g/mol. The van der Waals surface area contributed by atoms with Crippen molar-refractivity contribution in [1.82, 2.24) is 15.5 Å². The molecule has 1 aliphatic carbocycles. The fraction of sp³-hybridized carbons (Fsp3) is 0.762. The van der Waals surface area contributed by atoms with Crippen molar-refractivity contribution >= 4 is 17.3 Å². The number of aliphatic imine (C=N–C) groups is 1. The molecule has 1 aromatic heterocycles. The van der Waals surface area contributed by atoms with Gasteiger partial charge in [0.25, 0.3) is 0 Å². The van der Waals surface area contributed by atoms with Gasteiger partial charge in [-0.25, -0.2) is 0 Å². The van der Waals surface area contributed by atoms with Crippen molar-refractivity contribution in [1.29, 1.82) is 0 Å². The lowest BCUT2D eigenvalue weighted by atomic mass is 9.85. The highest BCUT2D eigenvalue weighted by atomic mass is 32.1. The summed E-state index contributed by atoms with van der Waals surface area (Å²) >= 11 is 1.78. The van der Waals surface area contributed by atoms with E-state index in [1.165, 1.54) is 4.88 Å². The van der Waals surface area contributed by atoms with Crippen LogP contribution in [0.2, 0.25) is 0 Å². The zero-order chi connectivity index (χ0) is 20.9. The van der Waals surface area contributed by atoms with Crippen molar-refractivity contribution in [2.75, 3.05) is 26.7 Å². The van der Waals surface area contributed by atoms with E-state index >= 15 is 0 Å². The molecule has 4 unspecified atom stereocenters. The minimum Gasteiger partial charge on any atom is -0.357 e. The first kappa shape index (κ1) is 22.4. The maximum absolute atomic E-state index is 13.1. The largest absolute Gasteiger partial charge is 0.391 e. The van der Waals surface area contributed by atoms with Crippen LogP contribution in [0.5, 0.6) is 0 Å². The lowest BCUT2D eigenvalue weighted by Gasteiger charge is -2.38. The Bertz CT molecular complexity index is 647. The Morgan fingerprint density at radius 2 is 2.10 bits per heavy atom. The number of nitrogens with one attached hydrogen (secondary N) is 2. The minimum atomic E-state index is -4.10. The fourth-order valence-corrected chi connectivity index (χ4v) is 5.68. The lowest BCUT2D eigenvalue weighted by Crippen LogP contribution is -2.47. The van der Waals surface area contributed by atoms with Crippen LogP contribution in [0.4, 0.5) is 13.2 Å². The van der Waals surface area contributed by atoms with E-state index in [0.717, 1.165) is 25.8 Å². The zero-order valence-electron chi connectivity index (χ0n) is 17.3. The van der Waals surface area contributed by atoms with Gasteiger partial charge in [0.15, 0.2) is 5.96 Å². The summed E-state index contributed by atoms with van der Waals surface area (Å²) in [6.45, 7) is 4.44. The third kappa shape index (κ3) is 6.10. The van der Waals surface area contributed by atoms with Crippen LogP contribution in [0.25, 0.3) is 0 Å². The van der Waals surface area contributed by atoms with Gasteiger partial charge in [-0.2, -0.15) is 13.2 Å². The van der Waals surface area contributed by atoms with Crippen molar-refractivity contribution < 1.29 is 13.2 Å². The smallest absolute Gasteiger partial charge is 0.357 e. The van der Waals surface area contributed by atoms with Gasteiger partial charge in [0.05, 0.1) is 5.92 Å². The van der Waals surface area contributed by atoms with Gasteiger partial charge in [-0.15, -0.1) is 11.3 Å². The minimum absolute atomic E-state index is 0.137. The summed E-state index contributed by atoms with van der Waals surface area (Å²) in [5.41, 5.74) is 0. The second-order valence-electron chi connectivity index (χ2n) is 8.31. The molecule has 2 heterocycles. The Hall–Kier alpha value is -1.28. The van der Waals surface area contributed by atoms with Crippen molar-refractivity contribution in [3.05, 3.63) is 22.4 Å². The van der Waals surface area contributed by atoms with E-state index < -0.39 is 12.1 Å². The first-order valence-corrected chi connectivity index (χ1v) is 11.6. The molecule has 4 atom stereocenters. The molecule has 29 heavy (non-hydrogen) atoms. The lowest BCUT2D eigenvalue weighted by molar-refractivity contribution is -0.183. The quantitative estimate of drug-likeness (QED) is 0.520. The first-order chi connectivity index (χ1) is 13.9. The Morgan fingerprint density at radius 3 is 2.79 bits per heavy atom. The number of likely N-dealkylation sites (tertiary alicyclic amines) is 1. The van der Waals surface area contributed by atoms with Gasteiger partial charge < -0.3 is 10.6 Å². The zero-order valence-corrected chi connectivity index (χ0v) is 18.2. The number of alkyl halides is 3. The summed E-state index contributed by atoms with van der Waals surface area (Å²) in [7, 11) is 2.17. The molecule has 3 rings (SSSR count). The number of hydrogen-bond donors (Lipinski definition) is 2. The molecule has 0 spiro atoms. The van der Waals surface area contributed by atoms with Crippen molar-refractivity contribution in [2.45, 2.75) is 63.7 Å². The molecule has 2 fully saturated rings. The van der Waals surface area contributed by atoms with E-state index in [2.05, 4.69) is 40.1 Å². The number of rotatable bonds is 5. The van der Waals surface area contributed by atoms with Crippen LogP contribution in [0.3, 0.4) is 0 Å². The van der Waals surface area contributed by atoms with Crippen molar-refractivity contribution in [2.24, 2.45) is 16.8 Å². The molecule has 0 bridgehead atoms. The predicted molar refractivity (Wildman–Crippen MR) is 113 cm³/mol. The monoisotopic (exact) mass is 430 g/mol. The van der Waals surface area contributed by atoms with E-state index in [9.17, 15) is 13.2 Å². The number of piperidine rings is 1. The van der Waals surface area contributed by atoms with Gasteiger partial charge in [0.2, 0.25) is 0 Å². The summed E-state index contributed by atoms with van der Waals surface area (Å²) < 4.78 is 39.4. The number of halogens is 3. The highest BCUT2D eigenvalue weighted by Crippen LogP contribution is 2.38. The molecule has 0 radical (unpaired) electrons. The highest BCUT2D eigenvalue weighted by molar-refractivity contribution is 7.10. The standard InChI is InChI=1S/C21H33F3N4S/c1-3-25-20(27-17-9-4-8-16(13-17)21(22,23)24)26-14-15-7-5-11-28(2)19(15)18-10-6-12-29-18/h6,10,12,15-17,19H,3-5,7-9,11,13-14H2,1-2H3,(H2,25,26,27). The molecule has 2 N–H and O–H groups in total. The van der Waals surface area contributed by atoms with Crippen LogP contribution < -0.4 is 10.6 Å². The summed E-state index contributed by atoms with van der Waals surface area (Å²) in [6.07, 6.45) is -0.0788. The summed E-state index contributed by atoms with van der Waals surface area (Å²) in [4.78, 5) is 8.58. The van der Waals surface area contributed by atoms with E-state index in [4.69, 9.17) is 4.99 Å². The first-order valence-electron chi connectivity index (χ1n) is 10.7. The number of guanidine groups is 1. The summed E-state index contributed by atoms with van der Waals surface area (Å²) in [5.74, 6) is -0.137. The molecular formula is C21H33F3N4S. The highest BCUT2D eigenvalue weighted by Gasteiger charge is 2.42. The normalized spacial score (nSPS) is 29.6. The van der Waals surface area contributed by atoms with E-state index in [0.29, 0.717) is 37.4 Å². The van der Waals surface area contributed by atoms with Crippen LogP contribution in [0, 0.1) is 11.8 Å². The van der Waals surface area contributed by atoms with E-state index in [1.54, 1.807) is 11.3 Å². The summed E-state index contributed by atoms with van der Waals surface area (Å²) in [5, 5.41) is 8.63. The molecule has 1 saturated heterocycles. The van der Waals surface area contributed by atoms with Crippen LogP contribution in [0.1, 0.15) is 56.4 Å². The molecule has 8 heteroatoms. The Labute approximate surface area is 176 Å². The van der Waals surface area contributed by atoms with E-state index in [-0.39, 0.29) is 18.9 Å². The number of hydrogen-bond acceptors (Lipinski definition) is 3. The summed E-state index contributed by atoms with van der Waals surface area (Å²) in [6, 6.07) is 4.47. The number of thiophene rings is 1. The van der Waals surface area contributed by atoms with Crippen LogP contribution in [-0.4, -0.2) is 49.8 Å². The second kappa shape index (κ2) is 10.2.